The van der Waals surface area contributed by atoms with Gasteiger partial charge in [0, 0.05) is 7.05 Å². The third-order valence-electron chi connectivity index (χ3n) is 2.37. The fourth-order valence-corrected chi connectivity index (χ4v) is 1.57. The van der Waals surface area contributed by atoms with Crippen LogP contribution in [0.5, 0.6) is 5.88 Å². The van der Waals surface area contributed by atoms with Crippen molar-refractivity contribution < 1.29 is 14.6 Å². The van der Waals surface area contributed by atoms with E-state index in [1.165, 1.54) is 11.6 Å². The van der Waals surface area contributed by atoms with Crippen LogP contribution < -0.4 is 10.9 Å². The second kappa shape index (κ2) is 3.93. The van der Waals surface area contributed by atoms with E-state index in [2.05, 4.69) is 10.3 Å². The number of ether oxygens (including phenoxy) is 1. The van der Waals surface area contributed by atoms with Gasteiger partial charge in [-0.05, 0) is 0 Å². The molecule has 0 aromatic carbocycles. The zero-order chi connectivity index (χ0) is 11.7. The number of rotatable bonds is 1. The maximum absolute atomic E-state index is 11.9. The zero-order valence-electron chi connectivity index (χ0n) is 8.69. The predicted octanol–water partition coefficient (Wildman–Crippen LogP) is -1.16. The summed E-state index contributed by atoms with van der Waals surface area (Å²) in [5, 5.41) is 11.8. The molecule has 0 unspecified atom stereocenters. The second-order valence-corrected chi connectivity index (χ2v) is 3.32. The lowest BCUT2D eigenvalue weighted by Gasteiger charge is -2.18. The standard InChI is InChI=1S/C9H11N3O4/c1-10-7(13)6-8(14)11-5-4-16-3-2-12(5)9(6)15/h14H,2-4H2,1H3,(H,10,13). The summed E-state index contributed by atoms with van der Waals surface area (Å²) in [6, 6.07) is 0. The lowest BCUT2D eigenvalue weighted by atomic mass is 10.2. The van der Waals surface area contributed by atoms with Gasteiger partial charge < -0.3 is 15.2 Å². The second-order valence-electron chi connectivity index (χ2n) is 3.32. The number of nitrogens with one attached hydrogen (secondary N) is 1. The van der Waals surface area contributed by atoms with Gasteiger partial charge in [0.15, 0.2) is 5.56 Å². The number of aromatic nitrogens is 2. The average molecular weight is 225 g/mol. The molecule has 0 fully saturated rings. The highest BCUT2D eigenvalue weighted by Crippen LogP contribution is 2.12. The first-order chi connectivity index (χ1) is 7.65. The van der Waals surface area contributed by atoms with Crippen LogP contribution in [-0.4, -0.2) is 34.2 Å². The molecule has 0 radical (unpaired) electrons. The van der Waals surface area contributed by atoms with Crippen LogP contribution in [0.15, 0.2) is 4.79 Å². The molecule has 0 saturated heterocycles. The van der Waals surface area contributed by atoms with Gasteiger partial charge in [-0.25, -0.2) is 0 Å². The Kier molecular flexibility index (Phi) is 2.61. The third-order valence-corrected chi connectivity index (χ3v) is 2.37. The Morgan fingerprint density at radius 2 is 2.38 bits per heavy atom. The Morgan fingerprint density at radius 1 is 1.62 bits per heavy atom. The highest BCUT2D eigenvalue weighted by atomic mass is 16.5. The topological polar surface area (TPSA) is 93.5 Å². The summed E-state index contributed by atoms with van der Waals surface area (Å²) in [6.45, 7) is 0.898. The first-order valence-electron chi connectivity index (χ1n) is 4.77. The lowest BCUT2D eigenvalue weighted by Crippen LogP contribution is -2.37. The van der Waals surface area contributed by atoms with Crippen LogP contribution in [-0.2, 0) is 17.9 Å². The largest absolute Gasteiger partial charge is 0.493 e. The molecule has 1 aromatic rings. The molecule has 2 heterocycles. The molecule has 7 heteroatoms. The van der Waals surface area contributed by atoms with E-state index in [0.29, 0.717) is 19.0 Å². The average Bonchev–Trinajstić information content (AvgIpc) is 2.28. The number of aromatic hydroxyl groups is 1. The minimum atomic E-state index is -0.642. The molecule has 0 atom stereocenters. The van der Waals surface area contributed by atoms with E-state index in [0.717, 1.165) is 0 Å². The van der Waals surface area contributed by atoms with Crippen LogP contribution in [0.4, 0.5) is 0 Å². The molecular formula is C9H11N3O4. The Balaban J connectivity index is 2.63. The third kappa shape index (κ3) is 1.54. The minimum absolute atomic E-state index is 0.164. The smallest absolute Gasteiger partial charge is 0.270 e. The highest BCUT2D eigenvalue weighted by molar-refractivity contribution is 5.95. The van der Waals surface area contributed by atoms with Crippen LogP contribution in [0.1, 0.15) is 16.2 Å². The van der Waals surface area contributed by atoms with Crippen molar-refractivity contribution in [2.75, 3.05) is 13.7 Å². The summed E-state index contributed by atoms with van der Waals surface area (Å²) < 4.78 is 6.44. The molecule has 7 nitrogen and oxygen atoms in total. The maximum Gasteiger partial charge on any atom is 0.270 e. The van der Waals surface area contributed by atoms with Gasteiger partial charge in [0.25, 0.3) is 11.5 Å². The van der Waals surface area contributed by atoms with Crippen molar-refractivity contribution >= 4 is 5.91 Å². The molecule has 1 aliphatic rings. The fraction of sp³-hybridized carbons (Fsp3) is 0.444. The van der Waals surface area contributed by atoms with Crippen LogP contribution in [0.25, 0.3) is 0 Å². The van der Waals surface area contributed by atoms with Gasteiger partial charge in [-0.15, -0.1) is 0 Å². The van der Waals surface area contributed by atoms with Crippen molar-refractivity contribution in [3.05, 3.63) is 21.7 Å². The van der Waals surface area contributed by atoms with E-state index in [4.69, 9.17) is 4.74 Å². The van der Waals surface area contributed by atoms with E-state index < -0.39 is 17.3 Å². The van der Waals surface area contributed by atoms with Gasteiger partial charge in [0.05, 0.1) is 13.2 Å². The molecule has 2 rings (SSSR count). The summed E-state index contributed by atoms with van der Waals surface area (Å²) in [7, 11) is 1.38. The van der Waals surface area contributed by atoms with Crippen molar-refractivity contribution in [3.8, 4) is 5.88 Å². The van der Waals surface area contributed by atoms with E-state index >= 15 is 0 Å². The molecular weight excluding hydrogens is 214 g/mol. The quantitative estimate of drug-likeness (QED) is 0.628. The van der Waals surface area contributed by atoms with Crippen LogP contribution in [0, 0.1) is 0 Å². The van der Waals surface area contributed by atoms with Gasteiger partial charge in [0.1, 0.15) is 12.4 Å². The van der Waals surface area contributed by atoms with Gasteiger partial charge in [-0.2, -0.15) is 4.98 Å². The molecule has 1 aromatic heterocycles. The molecule has 1 aliphatic heterocycles. The number of carbonyl (C=O) groups excluding carboxylic acids is 1. The number of carbonyl (C=O) groups is 1. The summed E-state index contributed by atoms with van der Waals surface area (Å²) in [4.78, 5) is 27.0. The van der Waals surface area contributed by atoms with Crippen molar-refractivity contribution in [2.24, 2.45) is 0 Å². The Morgan fingerprint density at radius 3 is 3.06 bits per heavy atom. The number of fused-ring (bicyclic) bond motifs is 1. The van der Waals surface area contributed by atoms with Crippen molar-refractivity contribution in [1.82, 2.24) is 14.9 Å². The van der Waals surface area contributed by atoms with Gasteiger partial charge >= 0.3 is 0 Å². The van der Waals surface area contributed by atoms with E-state index in [1.54, 1.807) is 0 Å². The predicted molar refractivity (Wildman–Crippen MR) is 53.2 cm³/mol. The summed E-state index contributed by atoms with van der Waals surface area (Å²) >= 11 is 0. The van der Waals surface area contributed by atoms with Crippen LogP contribution >= 0.6 is 0 Å². The molecule has 0 bridgehead atoms. The molecule has 0 saturated carbocycles. The van der Waals surface area contributed by atoms with Crippen molar-refractivity contribution in [1.29, 1.82) is 0 Å². The van der Waals surface area contributed by atoms with Gasteiger partial charge in [-0.1, -0.05) is 0 Å². The zero-order valence-corrected chi connectivity index (χ0v) is 8.69. The van der Waals surface area contributed by atoms with Crippen molar-refractivity contribution in [2.45, 2.75) is 13.2 Å². The van der Waals surface area contributed by atoms with Crippen molar-refractivity contribution in [3.63, 3.8) is 0 Å². The minimum Gasteiger partial charge on any atom is -0.493 e. The van der Waals surface area contributed by atoms with Crippen LogP contribution in [0.3, 0.4) is 0 Å². The maximum atomic E-state index is 11.9. The summed E-state index contributed by atoms with van der Waals surface area (Å²) in [6.07, 6.45) is 0. The summed E-state index contributed by atoms with van der Waals surface area (Å²) in [5.41, 5.74) is -0.863. The lowest BCUT2D eigenvalue weighted by molar-refractivity contribution is 0.0764. The van der Waals surface area contributed by atoms with E-state index in [9.17, 15) is 14.7 Å². The fourth-order valence-electron chi connectivity index (χ4n) is 1.57. The Labute approximate surface area is 90.7 Å². The number of hydrogen-bond donors (Lipinski definition) is 2. The Hall–Kier alpha value is -1.89. The Bertz CT molecular complexity index is 494. The molecule has 86 valence electrons. The SMILES string of the molecule is CNC(=O)c1c(O)nc2n(c1=O)CCOC2. The van der Waals surface area contributed by atoms with Crippen LogP contribution in [0.2, 0.25) is 0 Å². The number of nitrogens with zero attached hydrogens (tertiary/aromatic N) is 2. The molecule has 2 N–H and O–H groups in total. The molecule has 0 aliphatic carbocycles. The van der Waals surface area contributed by atoms with Gasteiger partial charge in [-0.3, -0.25) is 14.2 Å². The first-order valence-corrected chi connectivity index (χ1v) is 4.77. The van der Waals surface area contributed by atoms with E-state index in [-0.39, 0.29) is 12.2 Å². The number of hydrogen-bond acceptors (Lipinski definition) is 5. The summed E-state index contributed by atoms with van der Waals surface area (Å²) in [5.74, 6) is -0.862. The van der Waals surface area contributed by atoms with E-state index in [1.807, 2.05) is 0 Å². The molecule has 1 amide bonds. The first kappa shape index (κ1) is 10.6. The molecule has 16 heavy (non-hydrogen) atoms. The van der Waals surface area contributed by atoms with Gasteiger partial charge in [0.2, 0.25) is 5.88 Å². The molecule has 0 spiro atoms. The highest BCUT2D eigenvalue weighted by Gasteiger charge is 2.22. The normalized spacial score (nSPS) is 14.3. The number of amides is 1. The monoisotopic (exact) mass is 225 g/mol.